The van der Waals surface area contributed by atoms with Crippen LogP contribution in [-0.4, -0.2) is 23.5 Å². The first-order valence-corrected chi connectivity index (χ1v) is 6.03. The molecule has 0 radical (unpaired) electrons. The summed E-state index contributed by atoms with van der Waals surface area (Å²) in [6.07, 6.45) is 0. The van der Waals surface area contributed by atoms with E-state index in [1.54, 1.807) is 6.92 Å². The van der Waals surface area contributed by atoms with Crippen LogP contribution in [-0.2, 0) is 4.79 Å². The Morgan fingerprint density at radius 3 is 2.59 bits per heavy atom. The van der Waals surface area contributed by atoms with Crippen molar-refractivity contribution in [1.82, 2.24) is 10.5 Å². The molecule has 116 valence electrons. The number of anilines is 1. The first-order valence-electron chi connectivity index (χ1n) is 6.03. The second kappa shape index (κ2) is 6.29. The topological polar surface area (TPSA) is 84.2 Å². The summed E-state index contributed by atoms with van der Waals surface area (Å²) < 4.78 is 43.8. The Morgan fingerprint density at radius 1 is 1.23 bits per heavy atom. The van der Waals surface area contributed by atoms with Crippen LogP contribution in [0.5, 0.6) is 0 Å². The number of aryl methyl sites for hydroxylation is 1. The molecule has 0 saturated heterocycles. The van der Waals surface area contributed by atoms with Crippen molar-refractivity contribution in [2.24, 2.45) is 0 Å². The van der Waals surface area contributed by atoms with E-state index in [1.807, 2.05) is 5.32 Å². The van der Waals surface area contributed by atoms with E-state index in [0.717, 1.165) is 6.07 Å². The van der Waals surface area contributed by atoms with Crippen molar-refractivity contribution < 1.29 is 27.3 Å². The van der Waals surface area contributed by atoms with Gasteiger partial charge in [0.05, 0.1) is 12.2 Å². The normalized spacial score (nSPS) is 10.4. The molecule has 1 aromatic heterocycles. The van der Waals surface area contributed by atoms with Crippen LogP contribution in [0.3, 0.4) is 0 Å². The predicted molar refractivity (Wildman–Crippen MR) is 68.5 cm³/mol. The lowest BCUT2D eigenvalue weighted by Crippen LogP contribution is -2.33. The number of nitrogens with zero attached hydrogens (tertiary/aromatic N) is 1. The van der Waals surface area contributed by atoms with Gasteiger partial charge in [-0.3, -0.25) is 9.59 Å². The Hall–Kier alpha value is -2.84. The van der Waals surface area contributed by atoms with Crippen molar-refractivity contribution in [1.29, 1.82) is 0 Å². The summed E-state index contributed by atoms with van der Waals surface area (Å²) >= 11 is 0. The highest BCUT2D eigenvalue weighted by Gasteiger charge is 2.16. The number of benzene rings is 1. The number of amides is 2. The van der Waals surface area contributed by atoms with Gasteiger partial charge in [-0.25, -0.2) is 13.2 Å². The van der Waals surface area contributed by atoms with Crippen molar-refractivity contribution in [3.63, 3.8) is 0 Å². The van der Waals surface area contributed by atoms with Crippen LogP contribution >= 0.6 is 0 Å². The van der Waals surface area contributed by atoms with Gasteiger partial charge in [0, 0.05) is 6.07 Å². The molecule has 9 heteroatoms. The molecule has 0 unspecified atom stereocenters. The second-order valence-electron chi connectivity index (χ2n) is 4.28. The Morgan fingerprint density at radius 2 is 1.95 bits per heavy atom. The molecule has 0 fully saturated rings. The quantitative estimate of drug-likeness (QED) is 0.843. The van der Waals surface area contributed by atoms with Crippen molar-refractivity contribution >= 4 is 17.5 Å². The first kappa shape index (κ1) is 15.5. The van der Waals surface area contributed by atoms with Gasteiger partial charge in [-0.1, -0.05) is 5.16 Å². The summed E-state index contributed by atoms with van der Waals surface area (Å²) in [5.74, 6) is -5.66. The third-order valence-electron chi connectivity index (χ3n) is 2.58. The molecule has 2 N–H and O–H groups in total. The minimum absolute atomic E-state index is 0.0238. The molecule has 0 spiro atoms. The minimum atomic E-state index is -1.69. The van der Waals surface area contributed by atoms with E-state index < -0.39 is 41.5 Å². The molecular weight excluding hydrogens is 303 g/mol. The zero-order valence-corrected chi connectivity index (χ0v) is 11.2. The lowest BCUT2D eigenvalue weighted by atomic mass is 10.2. The van der Waals surface area contributed by atoms with E-state index in [4.69, 9.17) is 4.52 Å². The number of carbonyl (C=O) groups is 2. The molecule has 2 rings (SSSR count). The Bertz CT molecular complexity index is 731. The van der Waals surface area contributed by atoms with Gasteiger partial charge in [-0.05, 0) is 19.1 Å². The molecule has 0 aliphatic carbocycles. The van der Waals surface area contributed by atoms with Gasteiger partial charge in [0.25, 0.3) is 5.91 Å². The minimum Gasteiger partial charge on any atom is -0.361 e. The highest BCUT2D eigenvalue weighted by Crippen LogP contribution is 2.19. The van der Waals surface area contributed by atoms with E-state index in [0.29, 0.717) is 11.8 Å². The zero-order valence-electron chi connectivity index (χ0n) is 11.2. The molecule has 0 aliphatic rings. The number of hydrogen-bond acceptors (Lipinski definition) is 4. The van der Waals surface area contributed by atoms with Crippen molar-refractivity contribution in [2.75, 3.05) is 11.9 Å². The molecule has 0 bridgehead atoms. The summed E-state index contributed by atoms with van der Waals surface area (Å²) in [5, 5.41) is 7.67. The number of rotatable bonds is 4. The number of halogens is 3. The zero-order chi connectivity index (χ0) is 16.3. The lowest BCUT2D eigenvalue weighted by molar-refractivity contribution is -0.115. The predicted octanol–water partition coefficient (Wildman–Crippen LogP) is 1.77. The molecule has 2 aromatic rings. The maximum absolute atomic E-state index is 13.3. The number of hydrogen-bond donors (Lipinski definition) is 2. The van der Waals surface area contributed by atoms with Crippen LogP contribution in [0.4, 0.5) is 18.9 Å². The summed E-state index contributed by atoms with van der Waals surface area (Å²) in [6.45, 7) is 1.07. The maximum Gasteiger partial charge on any atom is 0.273 e. The van der Waals surface area contributed by atoms with E-state index in [-0.39, 0.29) is 5.69 Å². The van der Waals surface area contributed by atoms with Crippen molar-refractivity contribution in [3.05, 3.63) is 47.1 Å². The number of nitrogens with one attached hydrogen (secondary N) is 2. The smallest absolute Gasteiger partial charge is 0.273 e. The van der Waals surface area contributed by atoms with Crippen LogP contribution in [0.15, 0.2) is 22.7 Å². The van der Waals surface area contributed by atoms with Gasteiger partial charge in [-0.2, -0.15) is 0 Å². The summed E-state index contributed by atoms with van der Waals surface area (Å²) in [4.78, 5) is 23.1. The van der Waals surface area contributed by atoms with Crippen LogP contribution in [0.25, 0.3) is 0 Å². The van der Waals surface area contributed by atoms with Gasteiger partial charge in [-0.15, -0.1) is 0 Å². The molecule has 2 amide bonds. The molecule has 6 nitrogen and oxygen atoms in total. The van der Waals surface area contributed by atoms with Crippen LogP contribution in [0.1, 0.15) is 16.2 Å². The third-order valence-corrected chi connectivity index (χ3v) is 2.58. The molecule has 22 heavy (non-hydrogen) atoms. The standard InChI is InChI=1S/C13H10F3N3O3/c1-6-4-9(19-22-6)13(21)17-5-10(20)18-8-3-2-7(14)11(15)12(8)16/h2-4H,5H2,1H3,(H,17,21)(H,18,20). The average Bonchev–Trinajstić information content (AvgIpc) is 2.92. The Balaban J connectivity index is 1.94. The van der Waals surface area contributed by atoms with Gasteiger partial charge in [0.15, 0.2) is 23.1 Å². The molecule has 0 aliphatic heterocycles. The van der Waals surface area contributed by atoms with Crippen LogP contribution in [0, 0.1) is 24.4 Å². The van der Waals surface area contributed by atoms with Crippen LogP contribution in [0.2, 0.25) is 0 Å². The number of carbonyl (C=O) groups excluding carboxylic acids is 2. The first-order chi connectivity index (χ1) is 10.4. The Labute approximate surface area is 122 Å². The van der Waals surface area contributed by atoms with Crippen molar-refractivity contribution in [3.8, 4) is 0 Å². The summed E-state index contributed by atoms with van der Waals surface area (Å²) in [7, 11) is 0. The largest absolute Gasteiger partial charge is 0.361 e. The van der Waals surface area contributed by atoms with E-state index in [9.17, 15) is 22.8 Å². The van der Waals surface area contributed by atoms with E-state index in [1.165, 1.54) is 6.07 Å². The lowest BCUT2D eigenvalue weighted by Gasteiger charge is -2.07. The molecule has 0 atom stereocenters. The van der Waals surface area contributed by atoms with Crippen LogP contribution < -0.4 is 10.6 Å². The van der Waals surface area contributed by atoms with Crippen molar-refractivity contribution in [2.45, 2.75) is 6.92 Å². The van der Waals surface area contributed by atoms with Gasteiger partial charge < -0.3 is 15.2 Å². The second-order valence-corrected chi connectivity index (χ2v) is 4.28. The molecular formula is C13H10F3N3O3. The maximum atomic E-state index is 13.3. The Kier molecular flexibility index (Phi) is 4.44. The monoisotopic (exact) mass is 313 g/mol. The highest BCUT2D eigenvalue weighted by molar-refractivity contribution is 5.98. The highest BCUT2D eigenvalue weighted by atomic mass is 19.2. The number of aromatic nitrogens is 1. The molecule has 1 heterocycles. The summed E-state index contributed by atoms with van der Waals surface area (Å²) in [5.41, 5.74) is -0.556. The van der Waals surface area contributed by atoms with Gasteiger partial charge >= 0.3 is 0 Å². The molecule has 1 aromatic carbocycles. The van der Waals surface area contributed by atoms with Gasteiger partial charge in [0.2, 0.25) is 5.91 Å². The van der Waals surface area contributed by atoms with E-state index >= 15 is 0 Å². The summed E-state index contributed by atoms with van der Waals surface area (Å²) in [6, 6.07) is 2.90. The van der Waals surface area contributed by atoms with E-state index in [2.05, 4.69) is 10.5 Å². The van der Waals surface area contributed by atoms with Gasteiger partial charge in [0.1, 0.15) is 5.76 Å². The average molecular weight is 313 g/mol. The fourth-order valence-corrected chi connectivity index (χ4v) is 1.54. The third kappa shape index (κ3) is 3.43. The fourth-order valence-electron chi connectivity index (χ4n) is 1.54. The fraction of sp³-hybridized carbons (Fsp3) is 0.154. The molecule has 0 saturated carbocycles. The SMILES string of the molecule is Cc1cc(C(=O)NCC(=O)Nc2ccc(F)c(F)c2F)no1.